The lowest BCUT2D eigenvalue weighted by atomic mass is 10.1. The average Bonchev–Trinajstić information content (AvgIpc) is 3.07. The van der Waals surface area contributed by atoms with Gasteiger partial charge in [-0.2, -0.15) is 0 Å². The number of hydrogen-bond donors (Lipinski definition) is 2. The summed E-state index contributed by atoms with van der Waals surface area (Å²) in [6.45, 7) is 3.18. The number of ether oxygens (including phenoxy) is 4. The molecule has 0 radical (unpaired) electrons. The number of hydrogen-bond acceptors (Lipinski definition) is 8. The van der Waals surface area contributed by atoms with E-state index in [0.717, 1.165) is 0 Å². The molecular weight excluding hydrogens is 408 g/mol. The van der Waals surface area contributed by atoms with Gasteiger partial charge in [-0.1, -0.05) is 0 Å². The highest BCUT2D eigenvalue weighted by Gasteiger charge is 2.28. The first-order valence-electron chi connectivity index (χ1n) is 9.16. The number of amides is 2. The first-order valence-corrected chi connectivity index (χ1v) is 9.16. The van der Waals surface area contributed by atoms with Crippen LogP contribution in [0.25, 0.3) is 6.08 Å². The number of rotatable bonds is 9. The normalized spacial score (nSPS) is 10.6. The average molecular weight is 432 g/mol. The van der Waals surface area contributed by atoms with Crippen LogP contribution < -0.4 is 25.3 Å². The van der Waals surface area contributed by atoms with Crippen LogP contribution in [0, 0.1) is 6.92 Å². The number of primary amides is 1. The van der Waals surface area contributed by atoms with E-state index in [2.05, 4.69) is 5.32 Å². The molecule has 10 nitrogen and oxygen atoms in total. The molecule has 1 aromatic carbocycles. The van der Waals surface area contributed by atoms with Gasteiger partial charge in [-0.3, -0.25) is 14.9 Å². The van der Waals surface area contributed by atoms with E-state index < -0.39 is 17.8 Å². The molecule has 2 rings (SSSR count). The lowest BCUT2D eigenvalue weighted by Crippen LogP contribution is -2.19. The second kappa shape index (κ2) is 10.2. The summed E-state index contributed by atoms with van der Waals surface area (Å²) in [6, 6.07) is 3.30. The number of benzene rings is 1. The van der Waals surface area contributed by atoms with Crippen molar-refractivity contribution in [1.29, 1.82) is 0 Å². The van der Waals surface area contributed by atoms with Crippen molar-refractivity contribution >= 4 is 29.7 Å². The Morgan fingerprint density at radius 2 is 1.68 bits per heavy atom. The Bertz CT molecular complexity index is 998. The van der Waals surface area contributed by atoms with E-state index in [9.17, 15) is 14.4 Å². The van der Waals surface area contributed by atoms with Gasteiger partial charge in [0.25, 0.3) is 11.8 Å². The second-order valence-corrected chi connectivity index (χ2v) is 6.10. The number of carbonyl (C=O) groups is 3. The standard InChI is InChI=1S/C21H24N2O8/c1-6-30-21(26)16-11(2)31-20(17(16)19(22)25)23-15(24)8-7-12-9-13(27-3)18(29-5)14(10-12)28-4/h7-10H,6H2,1-5H3,(H2,22,25)(H,23,24)/b8-7+. The molecule has 2 aromatic rings. The molecule has 0 aliphatic carbocycles. The zero-order valence-corrected chi connectivity index (χ0v) is 17.9. The Labute approximate surface area is 178 Å². The fraction of sp³-hybridized carbons (Fsp3) is 0.286. The number of nitrogens with two attached hydrogens (primary N) is 1. The van der Waals surface area contributed by atoms with Crippen molar-refractivity contribution in [2.75, 3.05) is 33.3 Å². The number of nitrogens with one attached hydrogen (secondary N) is 1. The van der Waals surface area contributed by atoms with Gasteiger partial charge >= 0.3 is 5.97 Å². The van der Waals surface area contributed by atoms with Crippen LogP contribution in [0.4, 0.5) is 5.88 Å². The Morgan fingerprint density at radius 3 is 2.16 bits per heavy atom. The minimum absolute atomic E-state index is 0.0937. The monoisotopic (exact) mass is 432 g/mol. The molecule has 0 saturated heterocycles. The molecule has 3 N–H and O–H groups in total. The summed E-state index contributed by atoms with van der Waals surface area (Å²) < 4.78 is 26.1. The summed E-state index contributed by atoms with van der Waals surface area (Å²) in [4.78, 5) is 36.4. The SMILES string of the molecule is CCOC(=O)c1c(C)oc(NC(=O)/C=C/c2cc(OC)c(OC)c(OC)c2)c1C(N)=O. The van der Waals surface area contributed by atoms with Gasteiger partial charge in [-0.05, 0) is 37.6 Å². The minimum atomic E-state index is -0.941. The maximum absolute atomic E-state index is 12.4. The van der Waals surface area contributed by atoms with Crippen LogP contribution in [-0.4, -0.2) is 45.7 Å². The summed E-state index contributed by atoms with van der Waals surface area (Å²) in [7, 11) is 4.43. The highest BCUT2D eigenvalue weighted by atomic mass is 16.5. The molecule has 0 fully saturated rings. The molecule has 0 aliphatic heterocycles. The molecule has 0 atom stereocenters. The zero-order valence-electron chi connectivity index (χ0n) is 17.9. The summed E-state index contributed by atoms with van der Waals surface area (Å²) >= 11 is 0. The van der Waals surface area contributed by atoms with Crippen molar-refractivity contribution in [3.05, 3.63) is 40.7 Å². The predicted molar refractivity (Wildman–Crippen MR) is 112 cm³/mol. The summed E-state index contributed by atoms with van der Waals surface area (Å²) in [5.74, 6) is -1.24. The Morgan fingerprint density at radius 1 is 1.06 bits per heavy atom. The molecule has 31 heavy (non-hydrogen) atoms. The van der Waals surface area contributed by atoms with Gasteiger partial charge in [0.15, 0.2) is 11.5 Å². The highest BCUT2D eigenvalue weighted by molar-refractivity contribution is 6.12. The molecule has 0 spiro atoms. The topological polar surface area (TPSA) is 139 Å². The molecule has 1 aromatic heterocycles. The molecule has 0 aliphatic rings. The lowest BCUT2D eigenvalue weighted by molar-refractivity contribution is -0.111. The number of carbonyl (C=O) groups excluding carboxylic acids is 3. The third kappa shape index (κ3) is 5.16. The van der Waals surface area contributed by atoms with Crippen molar-refractivity contribution < 1.29 is 37.7 Å². The van der Waals surface area contributed by atoms with Crippen LogP contribution in [0.1, 0.15) is 39.0 Å². The highest BCUT2D eigenvalue weighted by Crippen LogP contribution is 2.38. The third-order valence-corrected chi connectivity index (χ3v) is 4.16. The zero-order chi connectivity index (χ0) is 23.1. The summed E-state index contributed by atoms with van der Waals surface area (Å²) in [5.41, 5.74) is 5.58. The van der Waals surface area contributed by atoms with Crippen LogP contribution in [0.2, 0.25) is 0 Å². The quantitative estimate of drug-likeness (QED) is 0.455. The Balaban J connectivity index is 2.31. The number of methoxy groups -OCH3 is 3. The van der Waals surface area contributed by atoms with E-state index in [4.69, 9.17) is 29.1 Å². The van der Waals surface area contributed by atoms with Gasteiger partial charge in [0.05, 0.1) is 27.9 Å². The molecule has 0 unspecified atom stereocenters. The Kier molecular flexibility index (Phi) is 7.67. The first-order chi connectivity index (χ1) is 14.8. The van der Waals surface area contributed by atoms with Gasteiger partial charge < -0.3 is 29.1 Å². The summed E-state index contributed by atoms with van der Waals surface area (Å²) in [6.07, 6.45) is 2.69. The van der Waals surface area contributed by atoms with Gasteiger partial charge in [0, 0.05) is 6.08 Å². The maximum atomic E-state index is 12.4. The second-order valence-electron chi connectivity index (χ2n) is 6.10. The first kappa shape index (κ1) is 23.3. The molecule has 1 heterocycles. The van der Waals surface area contributed by atoms with E-state index in [1.165, 1.54) is 40.4 Å². The van der Waals surface area contributed by atoms with Crippen LogP contribution in [0.15, 0.2) is 22.6 Å². The van der Waals surface area contributed by atoms with Crippen molar-refractivity contribution in [3.8, 4) is 17.2 Å². The third-order valence-electron chi connectivity index (χ3n) is 4.16. The Hall–Kier alpha value is -3.95. The van der Waals surface area contributed by atoms with Crippen LogP contribution in [-0.2, 0) is 9.53 Å². The van der Waals surface area contributed by atoms with Crippen molar-refractivity contribution in [3.63, 3.8) is 0 Å². The van der Waals surface area contributed by atoms with E-state index >= 15 is 0 Å². The molecule has 166 valence electrons. The molecule has 0 bridgehead atoms. The fourth-order valence-electron chi connectivity index (χ4n) is 2.84. The van der Waals surface area contributed by atoms with Crippen LogP contribution in [0.5, 0.6) is 17.2 Å². The van der Waals surface area contributed by atoms with Gasteiger partial charge in [0.2, 0.25) is 11.6 Å². The number of anilines is 1. The van der Waals surface area contributed by atoms with Crippen LogP contribution in [0.3, 0.4) is 0 Å². The van der Waals surface area contributed by atoms with Gasteiger partial charge in [-0.15, -0.1) is 0 Å². The van der Waals surface area contributed by atoms with Crippen molar-refractivity contribution in [2.24, 2.45) is 5.73 Å². The number of esters is 1. The van der Waals surface area contributed by atoms with Crippen molar-refractivity contribution in [1.82, 2.24) is 0 Å². The lowest BCUT2D eigenvalue weighted by Gasteiger charge is -2.12. The number of aryl methyl sites for hydroxylation is 1. The molecule has 2 amide bonds. The number of furan rings is 1. The summed E-state index contributed by atoms with van der Waals surface area (Å²) in [5, 5.41) is 2.41. The fourth-order valence-corrected chi connectivity index (χ4v) is 2.84. The molecular formula is C21H24N2O8. The van der Waals surface area contributed by atoms with Crippen molar-refractivity contribution in [2.45, 2.75) is 13.8 Å². The smallest absolute Gasteiger partial charge is 0.342 e. The van der Waals surface area contributed by atoms with E-state index in [1.54, 1.807) is 19.1 Å². The molecule has 0 saturated carbocycles. The van der Waals surface area contributed by atoms with E-state index in [0.29, 0.717) is 22.8 Å². The molecule has 10 heteroatoms. The van der Waals surface area contributed by atoms with Gasteiger partial charge in [0.1, 0.15) is 16.9 Å². The predicted octanol–water partition coefficient (Wildman–Crippen LogP) is 2.54. The largest absolute Gasteiger partial charge is 0.493 e. The van der Waals surface area contributed by atoms with E-state index in [-0.39, 0.29) is 29.4 Å². The van der Waals surface area contributed by atoms with E-state index in [1.807, 2.05) is 0 Å². The maximum Gasteiger partial charge on any atom is 0.342 e. The van der Waals surface area contributed by atoms with Crippen LogP contribution >= 0.6 is 0 Å². The minimum Gasteiger partial charge on any atom is -0.493 e. The van der Waals surface area contributed by atoms with Gasteiger partial charge in [-0.25, -0.2) is 4.79 Å².